The molecule has 0 spiro atoms. The van der Waals surface area contributed by atoms with Crippen LogP contribution in [0.1, 0.15) is 5.89 Å². The molecule has 0 aliphatic heterocycles. The number of rotatable bonds is 7. The SMILES string of the molecule is COc1ccc(-n2ccnc2SCc2nc(-c3cccc([N+](=O)[O-])c3)no2)cc1. The molecule has 0 unspecified atom stereocenters. The summed E-state index contributed by atoms with van der Waals surface area (Å²) in [6.45, 7) is 0. The van der Waals surface area contributed by atoms with E-state index in [1.165, 1.54) is 23.9 Å². The van der Waals surface area contributed by atoms with Gasteiger partial charge in [-0.2, -0.15) is 4.98 Å². The average molecular weight is 409 g/mol. The van der Waals surface area contributed by atoms with Gasteiger partial charge in [0.1, 0.15) is 5.75 Å². The first-order valence-corrected chi connectivity index (χ1v) is 9.50. The standard InChI is InChI=1S/C19H15N5O4S/c1-27-16-7-5-14(6-8-16)23-10-9-20-19(23)29-12-17-21-18(22-28-17)13-3-2-4-15(11-13)24(25)26/h2-11H,12H2,1H3. The fourth-order valence-electron chi connectivity index (χ4n) is 2.65. The molecule has 2 heterocycles. The Hall–Kier alpha value is -3.66. The van der Waals surface area contributed by atoms with E-state index in [-0.39, 0.29) is 5.69 Å². The Morgan fingerprint density at radius 2 is 2.07 bits per heavy atom. The third-order valence-electron chi connectivity index (χ3n) is 4.07. The predicted octanol–water partition coefficient (Wildman–Crippen LogP) is 4.13. The molecule has 0 fully saturated rings. The van der Waals surface area contributed by atoms with Crippen molar-refractivity contribution in [2.75, 3.05) is 7.11 Å². The molecule has 0 radical (unpaired) electrons. The van der Waals surface area contributed by atoms with E-state index in [0.29, 0.717) is 23.0 Å². The van der Waals surface area contributed by atoms with Crippen LogP contribution < -0.4 is 4.74 Å². The van der Waals surface area contributed by atoms with Crippen LogP contribution in [0.3, 0.4) is 0 Å². The molecule has 0 aliphatic rings. The van der Waals surface area contributed by atoms with E-state index >= 15 is 0 Å². The van der Waals surface area contributed by atoms with Crippen LogP contribution in [0, 0.1) is 10.1 Å². The maximum atomic E-state index is 10.9. The van der Waals surface area contributed by atoms with E-state index in [0.717, 1.165) is 16.6 Å². The van der Waals surface area contributed by atoms with Gasteiger partial charge in [0, 0.05) is 35.8 Å². The van der Waals surface area contributed by atoms with Crippen molar-refractivity contribution < 1.29 is 14.2 Å². The first-order chi connectivity index (χ1) is 14.1. The van der Waals surface area contributed by atoms with Crippen molar-refractivity contribution in [1.82, 2.24) is 19.7 Å². The highest BCUT2D eigenvalue weighted by atomic mass is 32.2. The summed E-state index contributed by atoms with van der Waals surface area (Å²) in [6.07, 6.45) is 3.58. The molecule has 4 rings (SSSR count). The smallest absolute Gasteiger partial charge is 0.270 e. The molecule has 9 nitrogen and oxygen atoms in total. The Morgan fingerprint density at radius 3 is 2.83 bits per heavy atom. The number of thioether (sulfide) groups is 1. The molecule has 0 aliphatic carbocycles. The molecule has 0 saturated carbocycles. The number of benzene rings is 2. The van der Waals surface area contributed by atoms with Crippen LogP contribution in [0.4, 0.5) is 5.69 Å². The molecule has 10 heteroatoms. The van der Waals surface area contributed by atoms with Gasteiger partial charge in [-0.1, -0.05) is 29.1 Å². The number of aromatic nitrogens is 4. The lowest BCUT2D eigenvalue weighted by Gasteiger charge is -2.07. The number of ether oxygens (including phenoxy) is 1. The Morgan fingerprint density at radius 1 is 1.24 bits per heavy atom. The molecule has 0 atom stereocenters. The van der Waals surface area contributed by atoms with E-state index < -0.39 is 4.92 Å². The highest BCUT2D eigenvalue weighted by Crippen LogP contribution is 2.26. The minimum atomic E-state index is -0.459. The zero-order valence-corrected chi connectivity index (χ0v) is 16.1. The maximum Gasteiger partial charge on any atom is 0.270 e. The van der Waals surface area contributed by atoms with Crippen LogP contribution in [0.5, 0.6) is 5.75 Å². The quantitative estimate of drug-likeness (QED) is 0.255. The van der Waals surface area contributed by atoms with Gasteiger partial charge in [-0.05, 0) is 24.3 Å². The average Bonchev–Trinajstić information content (AvgIpc) is 3.42. The van der Waals surface area contributed by atoms with Crippen LogP contribution >= 0.6 is 11.8 Å². The van der Waals surface area contributed by atoms with Crippen molar-refractivity contribution >= 4 is 17.4 Å². The van der Waals surface area contributed by atoms with Gasteiger partial charge in [0.2, 0.25) is 11.7 Å². The largest absolute Gasteiger partial charge is 0.497 e. The van der Waals surface area contributed by atoms with E-state index in [4.69, 9.17) is 9.26 Å². The first-order valence-electron chi connectivity index (χ1n) is 8.52. The second-order valence-electron chi connectivity index (χ2n) is 5.89. The summed E-state index contributed by atoms with van der Waals surface area (Å²) in [4.78, 5) is 19.2. The van der Waals surface area contributed by atoms with Crippen LogP contribution in [-0.4, -0.2) is 31.7 Å². The lowest BCUT2D eigenvalue weighted by molar-refractivity contribution is -0.384. The fraction of sp³-hybridized carbons (Fsp3) is 0.105. The van der Waals surface area contributed by atoms with Gasteiger partial charge < -0.3 is 9.26 Å². The van der Waals surface area contributed by atoms with Gasteiger partial charge in [-0.25, -0.2) is 4.98 Å². The van der Waals surface area contributed by atoms with Crippen molar-refractivity contribution in [1.29, 1.82) is 0 Å². The number of nitro groups is 1. The summed E-state index contributed by atoms with van der Waals surface area (Å²) in [6, 6.07) is 13.8. The minimum Gasteiger partial charge on any atom is -0.497 e. The van der Waals surface area contributed by atoms with Crippen LogP contribution in [0.2, 0.25) is 0 Å². The Kier molecular flexibility index (Phi) is 5.25. The molecule has 2 aromatic carbocycles. The monoisotopic (exact) mass is 409 g/mol. The number of methoxy groups -OCH3 is 1. The number of imidazole rings is 1. The second kappa shape index (κ2) is 8.15. The lowest BCUT2D eigenvalue weighted by atomic mass is 10.2. The zero-order chi connectivity index (χ0) is 20.2. The highest BCUT2D eigenvalue weighted by molar-refractivity contribution is 7.98. The summed E-state index contributed by atoms with van der Waals surface area (Å²) in [5.41, 5.74) is 1.46. The third-order valence-corrected chi connectivity index (χ3v) is 5.02. The number of hydrogen-bond acceptors (Lipinski definition) is 8. The Balaban J connectivity index is 1.48. The first kappa shape index (κ1) is 18.7. The molecule has 2 aromatic heterocycles. The molecule has 0 saturated heterocycles. The highest BCUT2D eigenvalue weighted by Gasteiger charge is 2.14. The Labute approximate surface area is 169 Å². The summed E-state index contributed by atoms with van der Waals surface area (Å²) in [7, 11) is 1.62. The topological polar surface area (TPSA) is 109 Å². The normalized spacial score (nSPS) is 10.8. The van der Waals surface area contributed by atoms with Crippen molar-refractivity contribution in [3.8, 4) is 22.8 Å². The van der Waals surface area contributed by atoms with Gasteiger partial charge in [0.25, 0.3) is 5.69 Å². The predicted molar refractivity (Wildman–Crippen MR) is 106 cm³/mol. The summed E-state index contributed by atoms with van der Waals surface area (Å²) < 4.78 is 12.4. The van der Waals surface area contributed by atoms with E-state index in [1.54, 1.807) is 25.4 Å². The molecule has 146 valence electrons. The molecular formula is C19H15N5O4S. The van der Waals surface area contributed by atoms with Gasteiger partial charge >= 0.3 is 0 Å². The van der Waals surface area contributed by atoms with Gasteiger partial charge in [-0.15, -0.1) is 0 Å². The van der Waals surface area contributed by atoms with E-state index in [1.807, 2.05) is 35.0 Å². The third kappa shape index (κ3) is 4.11. The van der Waals surface area contributed by atoms with Crippen LogP contribution in [0.25, 0.3) is 17.1 Å². The summed E-state index contributed by atoms with van der Waals surface area (Å²) in [5, 5.41) is 15.6. The van der Waals surface area contributed by atoms with Gasteiger partial charge in [-0.3, -0.25) is 14.7 Å². The molecule has 0 amide bonds. The zero-order valence-electron chi connectivity index (χ0n) is 15.3. The van der Waals surface area contributed by atoms with Crippen molar-refractivity contribution in [3.63, 3.8) is 0 Å². The summed E-state index contributed by atoms with van der Waals surface area (Å²) in [5.74, 6) is 1.90. The molecule has 0 bridgehead atoms. The van der Waals surface area contributed by atoms with E-state index in [9.17, 15) is 10.1 Å². The lowest BCUT2D eigenvalue weighted by Crippen LogP contribution is -1.95. The number of non-ortho nitro benzene ring substituents is 1. The molecule has 29 heavy (non-hydrogen) atoms. The van der Waals surface area contributed by atoms with Gasteiger partial charge in [0.15, 0.2) is 5.16 Å². The number of nitrogens with zero attached hydrogens (tertiary/aromatic N) is 5. The number of nitro benzene ring substituents is 1. The Bertz CT molecular complexity index is 1140. The maximum absolute atomic E-state index is 10.9. The number of hydrogen-bond donors (Lipinski definition) is 0. The van der Waals surface area contributed by atoms with Crippen LogP contribution in [0.15, 0.2) is 70.6 Å². The van der Waals surface area contributed by atoms with Crippen molar-refractivity contribution in [2.45, 2.75) is 10.9 Å². The second-order valence-corrected chi connectivity index (χ2v) is 6.83. The van der Waals surface area contributed by atoms with Crippen molar-refractivity contribution in [2.24, 2.45) is 0 Å². The fourth-order valence-corrected chi connectivity index (χ4v) is 3.46. The molecule has 0 N–H and O–H groups in total. The minimum absolute atomic E-state index is 0.0234. The van der Waals surface area contributed by atoms with Gasteiger partial charge in [0.05, 0.1) is 17.8 Å². The van der Waals surface area contributed by atoms with Crippen LogP contribution in [-0.2, 0) is 5.75 Å². The molecule has 4 aromatic rings. The van der Waals surface area contributed by atoms with Crippen molar-refractivity contribution in [3.05, 3.63) is 76.9 Å². The van der Waals surface area contributed by atoms with E-state index in [2.05, 4.69) is 15.1 Å². The molecular weight excluding hydrogens is 394 g/mol. The summed E-state index contributed by atoms with van der Waals surface area (Å²) >= 11 is 1.44.